The molecule has 0 heterocycles. The van der Waals surface area contributed by atoms with Gasteiger partial charge in [0.05, 0.1) is 0 Å². The molecular formula is C17H21N. The molecule has 0 aliphatic carbocycles. The molecule has 1 nitrogen and oxygen atoms in total. The molecule has 2 aromatic carbocycles. The average Bonchev–Trinajstić information content (AvgIpc) is 2.39. The Balaban J connectivity index is 1.92. The fourth-order valence-corrected chi connectivity index (χ4v) is 2.24. The second-order valence-corrected chi connectivity index (χ2v) is 4.71. The highest BCUT2D eigenvalue weighted by Gasteiger charge is 1.99. The Labute approximate surface area is 110 Å². The molecule has 1 heteroatoms. The van der Waals surface area contributed by atoms with Crippen molar-refractivity contribution in [1.82, 2.24) is 5.32 Å². The van der Waals surface area contributed by atoms with E-state index in [4.69, 9.17) is 0 Å². The molecule has 0 saturated heterocycles. The van der Waals surface area contributed by atoms with E-state index in [0.717, 1.165) is 19.5 Å². The molecule has 0 spiro atoms. The Morgan fingerprint density at radius 2 is 1.67 bits per heavy atom. The van der Waals surface area contributed by atoms with Crippen molar-refractivity contribution in [2.45, 2.75) is 33.4 Å². The highest BCUT2D eigenvalue weighted by atomic mass is 14.8. The van der Waals surface area contributed by atoms with Gasteiger partial charge in [0, 0.05) is 13.1 Å². The van der Waals surface area contributed by atoms with Crippen LogP contribution in [0.4, 0.5) is 0 Å². The lowest BCUT2D eigenvalue weighted by molar-refractivity contribution is 0.688. The van der Waals surface area contributed by atoms with Crippen LogP contribution in [0.2, 0.25) is 0 Å². The SMILES string of the molecule is CCc1ccccc1CNCc1cccc(C)c1. The predicted molar refractivity (Wildman–Crippen MR) is 77.5 cm³/mol. The van der Waals surface area contributed by atoms with E-state index < -0.39 is 0 Å². The second-order valence-electron chi connectivity index (χ2n) is 4.71. The number of nitrogens with one attached hydrogen (secondary N) is 1. The van der Waals surface area contributed by atoms with Crippen LogP contribution in [0.15, 0.2) is 48.5 Å². The number of hydrogen-bond acceptors (Lipinski definition) is 1. The monoisotopic (exact) mass is 239 g/mol. The van der Waals surface area contributed by atoms with Gasteiger partial charge in [-0.25, -0.2) is 0 Å². The number of hydrogen-bond donors (Lipinski definition) is 1. The standard InChI is InChI=1S/C17H21N/c1-3-16-9-4-5-10-17(16)13-18-12-15-8-6-7-14(2)11-15/h4-11,18H,3,12-13H2,1-2H3. The molecule has 0 aliphatic heterocycles. The largest absolute Gasteiger partial charge is 0.309 e. The van der Waals surface area contributed by atoms with Gasteiger partial charge in [-0.05, 0) is 30.0 Å². The molecule has 94 valence electrons. The summed E-state index contributed by atoms with van der Waals surface area (Å²) in [6.07, 6.45) is 1.10. The van der Waals surface area contributed by atoms with Crippen LogP contribution in [0.5, 0.6) is 0 Å². The highest BCUT2D eigenvalue weighted by Crippen LogP contribution is 2.09. The minimum atomic E-state index is 0.930. The maximum Gasteiger partial charge on any atom is 0.0211 e. The Morgan fingerprint density at radius 1 is 0.889 bits per heavy atom. The van der Waals surface area contributed by atoms with Crippen molar-refractivity contribution < 1.29 is 0 Å². The van der Waals surface area contributed by atoms with Crippen molar-refractivity contribution in [3.63, 3.8) is 0 Å². The summed E-state index contributed by atoms with van der Waals surface area (Å²) in [6, 6.07) is 17.3. The van der Waals surface area contributed by atoms with Gasteiger partial charge >= 0.3 is 0 Å². The van der Waals surface area contributed by atoms with Gasteiger partial charge in [0.25, 0.3) is 0 Å². The van der Waals surface area contributed by atoms with Gasteiger partial charge in [0.2, 0.25) is 0 Å². The summed E-state index contributed by atoms with van der Waals surface area (Å²) in [4.78, 5) is 0. The Bertz CT molecular complexity index is 502. The molecule has 0 aromatic heterocycles. The average molecular weight is 239 g/mol. The smallest absolute Gasteiger partial charge is 0.0211 e. The number of benzene rings is 2. The van der Waals surface area contributed by atoms with E-state index in [-0.39, 0.29) is 0 Å². The van der Waals surface area contributed by atoms with Crippen LogP contribution in [0, 0.1) is 6.92 Å². The van der Waals surface area contributed by atoms with Crippen molar-refractivity contribution in [3.8, 4) is 0 Å². The molecule has 0 saturated carbocycles. The highest BCUT2D eigenvalue weighted by molar-refractivity contribution is 5.27. The lowest BCUT2D eigenvalue weighted by atomic mass is 10.1. The molecule has 0 aliphatic rings. The lowest BCUT2D eigenvalue weighted by Gasteiger charge is -2.09. The van der Waals surface area contributed by atoms with Gasteiger partial charge in [0.1, 0.15) is 0 Å². The first kappa shape index (κ1) is 12.8. The summed E-state index contributed by atoms with van der Waals surface area (Å²) in [5.41, 5.74) is 5.52. The van der Waals surface area contributed by atoms with E-state index in [9.17, 15) is 0 Å². The molecule has 0 atom stereocenters. The second kappa shape index (κ2) is 6.36. The molecule has 0 amide bonds. The summed E-state index contributed by atoms with van der Waals surface area (Å²) in [5.74, 6) is 0. The van der Waals surface area contributed by atoms with Crippen LogP contribution in [0.3, 0.4) is 0 Å². The number of aryl methyl sites for hydroxylation is 2. The third kappa shape index (κ3) is 3.44. The molecular weight excluding hydrogens is 218 g/mol. The van der Waals surface area contributed by atoms with Gasteiger partial charge < -0.3 is 5.32 Å². The van der Waals surface area contributed by atoms with Crippen molar-refractivity contribution in [1.29, 1.82) is 0 Å². The van der Waals surface area contributed by atoms with Gasteiger partial charge in [0.15, 0.2) is 0 Å². The van der Waals surface area contributed by atoms with E-state index in [2.05, 4.69) is 67.7 Å². The van der Waals surface area contributed by atoms with Gasteiger partial charge in [-0.15, -0.1) is 0 Å². The van der Waals surface area contributed by atoms with E-state index in [0.29, 0.717) is 0 Å². The van der Waals surface area contributed by atoms with Crippen molar-refractivity contribution in [2.24, 2.45) is 0 Å². The zero-order chi connectivity index (χ0) is 12.8. The molecule has 1 N–H and O–H groups in total. The van der Waals surface area contributed by atoms with Gasteiger partial charge in [-0.1, -0.05) is 61.0 Å². The maximum absolute atomic E-state index is 3.52. The van der Waals surface area contributed by atoms with Crippen molar-refractivity contribution >= 4 is 0 Å². The minimum absolute atomic E-state index is 0.930. The first-order chi connectivity index (χ1) is 8.79. The molecule has 2 rings (SSSR count). The van der Waals surface area contributed by atoms with Crippen LogP contribution in [0.1, 0.15) is 29.2 Å². The van der Waals surface area contributed by atoms with E-state index in [1.807, 2.05) is 0 Å². The third-order valence-corrected chi connectivity index (χ3v) is 3.23. The predicted octanol–water partition coefficient (Wildman–Crippen LogP) is 3.85. The molecule has 0 fully saturated rings. The summed E-state index contributed by atoms with van der Waals surface area (Å²) in [7, 11) is 0. The van der Waals surface area contributed by atoms with Gasteiger partial charge in [-0.3, -0.25) is 0 Å². The Kier molecular flexibility index (Phi) is 4.54. The first-order valence-electron chi connectivity index (χ1n) is 6.62. The van der Waals surface area contributed by atoms with E-state index >= 15 is 0 Å². The van der Waals surface area contributed by atoms with Crippen LogP contribution in [-0.4, -0.2) is 0 Å². The van der Waals surface area contributed by atoms with Crippen molar-refractivity contribution in [3.05, 3.63) is 70.8 Å². The maximum atomic E-state index is 3.52. The molecule has 18 heavy (non-hydrogen) atoms. The topological polar surface area (TPSA) is 12.0 Å². The minimum Gasteiger partial charge on any atom is -0.309 e. The molecule has 0 radical (unpaired) electrons. The lowest BCUT2D eigenvalue weighted by Crippen LogP contribution is -2.13. The Morgan fingerprint density at radius 3 is 2.39 bits per heavy atom. The van der Waals surface area contributed by atoms with E-state index in [1.54, 1.807) is 0 Å². The van der Waals surface area contributed by atoms with Gasteiger partial charge in [-0.2, -0.15) is 0 Å². The first-order valence-corrected chi connectivity index (χ1v) is 6.62. The van der Waals surface area contributed by atoms with Crippen LogP contribution < -0.4 is 5.32 Å². The number of rotatable bonds is 5. The van der Waals surface area contributed by atoms with E-state index in [1.165, 1.54) is 22.3 Å². The van der Waals surface area contributed by atoms with Crippen LogP contribution in [-0.2, 0) is 19.5 Å². The quantitative estimate of drug-likeness (QED) is 0.835. The fourth-order valence-electron chi connectivity index (χ4n) is 2.24. The summed E-state index contributed by atoms with van der Waals surface area (Å²) >= 11 is 0. The summed E-state index contributed by atoms with van der Waals surface area (Å²) in [6.45, 7) is 6.22. The summed E-state index contributed by atoms with van der Waals surface area (Å²) < 4.78 is 0. The normalized spacial score (nSPS) is 10.6. The zero-order valence-electron chi connectivity index (χ0n) is 11.2. The van der Waals surface area contributed by atoms with Crippen LogP contribution >= 0.6 is 0 Å². The molecule has 0 bridgehead atoms. The third-order valence-electron chi connectivity index (χ3n) is 3.23. The van der Waals surface area contributed by atoms with Crippen LogP contribution in [0.25, 0.3) is 0 Å². The summed E-state index contributed by atoms with van der Waals surface area (Å²) in [5, 5.41) is 3.52. The Hall–Kier alpha value is -1.60. The molecule has 0 unspecified atom stereocenters. The fraction of sp³-hybridized carbons (Fsp3) is 0.294. The molecule has 2 aromatic rings. The van der Waals surface area contributed by atoms with Crippen molar-refractivity contribution in [2.75, 3.05) is 0 Å². The zero-order valence-corrected chi connectivity index (χ0v) is 11.2.